The van der Waals surface area contributed by atoms with Crippen molar-refractivity contribution in [3.63, 3.8) is 0 Å². The Morgan fingerprint density at radius 1 is 0.889 bits per heavy atom. The molecule has 0 aliphatic carbocycles. The second-order valence-corrected chi connectivity index (χ2v) is 5.76. The van der Waals surface area contributed by atoms with Crippen LogP contribution in [0.1, 0.15) is 79.1 Å². The van der Waals surface area contributed by atoms with Crippen molar-refractivity contribution in [1.29, 1.82) is 0 Å². The molecule has 110 valence electrons. The van der Waals surface area contributed by atoms with Crippen molar-refractivity contribution < 1.29 is 0 Å². The molecule has 2 nitrogen and oxygen atoms in total. The quantitative estimate of drug-likeness (QED) is 0.531. The summed E-state index contributed by atoms with van der Waals surface area (Å²) in [5.41, 5.74) is 6.14. The zero-order valence-electron chi connectivity index (χ0n) is 13.3. The van der Waals surface area contributed by atoms with E-state index in [1.807, 2.05) is 0 Å². The van der Waals surface area contributed by atoms with Crippen molar-refractivity contribution in [2.45, 2.75) is 84.6 Å². The van der Waals surface area contributed by atoms with Crippen LogP contribution in [0.5, 0.6) is 0 Å². The van der Waals surface area contributed by atoms with E-state index in [-0.39, 0.29) is 5.54 Å². The van der Waals surface area contributed by atoms with Crippen LogP contribution in [-0.2, 0) is 0 Å². The first-order valence-electron chi connectivity index (χ1n) is 8.09. The van der Waals surface area contributed by atoms with Gasteiger partial charge in [-0.15, -0.1) is 0 Å². The fourth-order valence-electron chi connectivity index (χ4n) is 2.57. The molecule has 2 N–H and O–H groups in total. The Bertz CT molecular complexity index is 176. The number of nitrogens with zero attached hydrogens (tertiary/aromatic N) is 1. The first-order chi connectivity index (χ1) is 8.64. The van der Waals surface area contributed by atoms with Gasteiger partial charge in [0.25, 0.3) is 0 Å². The Morgan fingerprint density at radius 2 is 1.44 bits per heavy atom. The van der Waals surface area contributed by atoms with E-state index in [2.05, 4.69) is 32.6 Å². The van der Waals surface area contributed by atoms with E-state index in [1.165, 1.54) is 51.5 Å². The van der Waals surface area contributed by atoms with Crippen molar-refractivity contribution in [2.75, 3.05) is 19.6 Å². The average Bonchev–Trinajstić information content (AvgIpc) is 2.41. The molecule has 0 spiro atoms. The topological polar surface area (TPSA) is 29.3 Å². The summed E-state index contributed by atoms with van der Waals surface area (Å²) in [6.07, 6.45) is 10.8. The van der Waals surface area contributed by atoms with Gasteiger partial charge >= 0.3 is 0 Å². The Balaban J connectivity index is 3.74. The number of unbranched alkanes of at least 4 members (excludes halogenated alkanes) is 6. The lowest BCUT2D eigenvalue weighted by Crippen LogP contribution is -2.51. The van der Waals surface area contributed by atoms with Crippen LogP contribution in [0, 0.1) is 0 Å². The fourth-order valence-corrected chi connectivity index (χ4v) is 2.57. The molecular weight excluding hydrogens is 220 g/mol. The molecule has 0 aliphatic heterocycles. The maximum atomic E-state index is 5.94. The number of hydrogen-bond acceptors (Lipinski definition) is 2. The number of likely N-dealkylation sites (N-methyl/N-ethyl adjacent to an activating group) is 1. The predicted octanol–water partition coefficient (Wildman–Crippen LogP) is 4.19. The third-order valence-electron chi connectivity index (χ3n) is 4.38. The van der Waals surface area contributed by atoms with Crippen LogP contribution >= 0.6 is 0 Å². The molecule has 1 atom stereocenters. The van der Waals surface area contributed by atoms with Gasteiger partial charge in [0, 0.05) is 12.1 Å². The highest BCUT2D eigenvalue weighted by Crippen LogP contribution is 2.19. The molecule has 0 rings (SSSR count). The lowest BCUT2D eigenvalue weighted by molar-refractivity contribution is 0.110. The summed E-state index contributed by atoms with van der Waals surface area (Å²) in [5.74, 6) is 0. The smallest absolute Gasteiger partial charge is 0.0300 e. The molecule has 0 radical (unpaired) electrons. The Morgan fingerprint density at radius 3 is 1.89 bits per heavy atom. The molecule has 0 aromatic carbocycles. The fraction of sp³-hybridized carbons (Fsp3) is 1.00. The number of hydrogen-bond donors (Lipinski definition) is 1. The van der Waals surface area contributed by atoms with Crippen LogP contribution in [-0.4, -0.2) is 30.1 Å². The average molecular weight is 256 g/mol. The third-order valence-corrected chi connectivity index (χ3v) is 4.38. The molecule has 0 aliphatic rings. The predicted molar refractivity (Wildman–Crippen MR) is 83.0 cm³/mol. The van der Waals surface area contributed by atoms with Crippen LogP contribution in [0.2, 0.25) is 0 Å². The molecule has 0 fully saturated rings. The summed E-state index contributed by atoms with van der Waals surface area (Å²) < 4.78 is 0. The van der Waals surface area contributed by atoms with Gasteiger partial charge in [-0.05, 0) is 32.9 Å². The van der Waals surface area contributed by atoms with Crippen molar-refractivity contribution in [2.24, 2.45) is 5.73 Å². The van der Waals surface area contributed by atoms with Gasteiger partial charge in [0.15, 0.2) is 0 Å². The Kier molecular flexibility index (Phi) is 10.8. The van der Waals surface area contributed by atoms with Gasteiger partial charge in [-0.2, -0.15) is 0 Å². The zero-order chi connectivity index (χ0) is 13.9. The summed E-state index contributed by atoms with van der Waals surface area (Å²) in [5, 5.41) is 0. The van der Waals surface area contributed by atoms with Crippen LogP contribution in [0.3, 0.4) is 0 Å². The number of nitrogens with two attached hydrogens (primary N) is 1. The van der Waals surface area contributed by atoms with Gasteiger partial charge in [-0.1, -0.05) is 59.3 Å². The molecule has 0 bridgehead atoms. The van der Waals surface area contributed by atoms with E-state index in [1.54, 1.807) is 0 Å². The Labute approximate surface area is 115 Å². The van der Waals surface area contributed by atoms with Gasteiger partial charge in [0.05, 0.1) is 0 Å². The summed E-state index contributed by atoms with van der Waals surface area (Å²) >= 11 is 0. The Hall–Kier alpha value is -0.0800. The standard InChI is InChI=1S/C16H36N2/c1-5-8-9-10-11-12-13-14-18(7-3)16(4,6-2)15-17/h5-15,17H2,1-4H3. The molecular formula is C16H36N2. The SMILES string of the molecule is CCCCCCCCCN(CC)C(C)(CC)CN. The summed E-state index contributed by atoms with van der Waals surface area (Å²) in [6, 6.07) is 0. The minimum atomic E-state index is 0.205. The number of rotatable bonds is 12. The van der Waals surface area contributed by atoms with Crippen molar-refractivity contribution >= 4 is 0 Å². The molecule has 0 aromatic heterocycles. The minimum Gasteiger partial charge on any atom is -0.329 e. The maximum absolute atomic E-state index is 5.94. The molecule has 0 saturated heterocycles. The summed E-state index contributed by atoms with van der Waals surface area (Å²) in [4.78, 5) is 2.57. The molecule has 0 aromatic rings. The van der Waals surface area contributed by atoms with Gasteiger partial charge in [0.1, 0.15) is 0 Å². The van der Waals surface area contributed by atoms with Gasteiger partial charge in [0.2, 0.25) is 0 Å². The molecule has 0 amide bonds. The van der Waals surface area contributed by atoms with E-state index in [9.17, 15) is 0 Å². The largest absolute Gasteiger partial charge is 0.329 e. The monoisotopic (exact) mass is 256 g/mol. The first kappa shape index (κ1) is 17.9. The van der Waals surface area contributed by atoms with Crippen LogP contribution in [0.4, 0.5) is 0 Å². The maximum Gasteiger partial charge on any atom is 0.0300 e. The minimum absolute atomic E-state index is 0.205. The molecule has 1 unspecified atom stereocenters. The second kappa shape index (κ2) is 10.8. The highest BCUT2D eigenvalue weighted by atomic mass is 15.2. The molecule has 0 saturated carbocycles. The zero-order valence-corrected chi connectivity index (χ0v) is 13.3. The summed E-state index contributed by atoms with van der Waals surface area (Å²) in [7, 11) is 0. The normalized spacial score (nSPS) is 15.0. The molecule has 18 heavy (non-hydrogen) atoms. The third kappa shape index (κ3) is 6.75. The van der Waals surface area contributed by atoms with Gasteiger partial charge < -0.3 is 5.73 Å². The van der Waals surface area contributed by atoms with Gasteiger partial charge in [-0.25, -0.2) is 0 Å². The van der Waals surface area contributed by atoms with Gasteiger partial charge in [-0.3, -0.25) is 4.90 Å². The molecule has 2 heteroatoms. The van der Waals surface area contributed by atoms with Crippen molar-refractivity contribution in [1.82, 2.24) is 4.90 Å². The van der Waals surface area contributed by atoms with E-state index >= 15 is 0 Å². The van der Waals surface area contributed by atoms with E-state index in [0.29, 0.717) is 0 Å². The van der Waals surface area contributed by atoms with Crippen molar-refractivity contribution in [3.05, 3.63) is 0 Å². The van der Waals surface area contributed by atoms with Crippen molar-refractivity contribution in [3.8, 4) is 0 Å². The van der Waals surface area contributed by atoms with E-state index in [0.717, 1.165) is 19.5 Å². The lowest BCUT2D eigenvalue weighted by Gasteiger charge is -2.39. The van der Waals surface area contributed by atoms with E-state index in [4.69, 9.17) is 5.73 Å². The highest BCUT2D eigenvalue weighted by Gasteiger charge is 2.26. The van der Waals surface area contributed by atoms with Crippen LogP contribution in [0.15, 0.2) is 0 Å². The summed E-state index contributed by atoms with van der Waals surface area (Å²) in [6.45, 7) is 12.2. The lowest BCUT2D eigenvalue weighted by atomic mass is 9.96. The van der Waals surface area contributed by atoms with Crippen LogP contribution < -0.4 is 5.73 Å². The first-order valence-corrected chi connectivity index (χ1v) is 8.09. The molecule has 0 heterocycles. The second-order valence-electron chi connectivity index (χ2n) is 5.76. The van der Waals surface area contributed by atoms with Crippen LogP contribution in [0.25, 0.3) is 0 Å². The highest BCUT2D eigenvalue weighted by molar-refractivity contribution is 4.85. The van der Waals surface area contributed by atoms with E-state index < -0.39 is 0 Å².